The Balaban J connectivity index is 1.61. The van der Waals surface area contributed by atoms with Gasteiger partial charge >= 0.3 is 0 Å². The van der Waals surface area contributed by atoms with Gasteiger partial charge in [-0.2, -0.15) is 11.8 Å². The molecule has 0 radical (unpaired) electrons. The minimum atomic E-state index is -0.385. The van der Waals surface area contributed by atoms with Gasteiger partial charge in [0, 0.05) is 54.8 Å². The summed E-state index contributed by atoms with van der Waals surface area (Å²) < 4.78 is 0. The number of halogens is 1. The lowest BCUT2D eigenvalue weighted by atomic mass is 10.1. The molecule has 24 heavy (non-hydrogen) atoms. The molecule has 2 fully saturated rings. The summed E-state index contributed by atoms with van der Waals surface area (Å²) in [6.07, 6.45) is 0.496. The molecular formula is C17H22ClN3O2S. The van der Waals surface area contributed by atoms with Crippen molar-refractivity contribution in [2.75, 3.05) is 42.6 Å². The van der Waals surface area contributed by atoms with E-state index in [2.05, 4.69) is 17.1 Å². The van der Waals surface area contributed by atoms with E-state index >= 15 is 0 Å². The highest BCUT2D eigenvalue weighted by molar-refractivity contribution is 7.99. The predicted octanol–water partition coefficient (Wildman–Crippen LogP) is 1.92. The third-order valence-electron chi connectivity index (χ3n) is 4.49. The van der Waals surface area contributed by atoms with E-state index in [1.807, 2.05) is 23.1 Å². The molecule has 1 unspecified atom stereocenters. The van der Waals surface area contributed by atoms with E-state index in [-0.39, 0.29) is 17.9 Å². The van der Waals surface area contributed by atoms with Gasteiger partial charge in [0.1, 0.15) is 6.04 Å². The van der Waals surface area contributed by atoms with E-state index < -0.39 is 0 Å². The van der Waals surface area contributed by atoms with Gasteiger partial charge in [0.05, 0.1) is 0 Å². The highest BCUT2D eigenvalue weighted by Crippen LogP contribution is 2.25. The number of aryl methyl sites for hydroxylation is 1. The zero-order valence-corrected chi connectivity index (χ0v) is 15.3. The number of nitrogens with one attached hydrogen (secondary N) is 1. The van der Waals surface area contributed by atoms with Crippen molar-refractivity contribution in [2.45, 2.75) is 19.4 Å². The number of thioether (sulfide) groups is 1. The summed E-state index contributed by atoms with van der Waals surface area (Å²) in [5.41, 5.74) is 2.32. The van der Waals surface area contributed by atoms with Gasteiger partial charge in [-0.3, -0.25) is 9.59 Å². The van der Waals surface area contributed by atoms with Crippen molar-refractivity contribution in [3.63, 3.8) is 0 Å². The van der Waals surface area contributed by atoms with Crippen LogP contribution < -0.4 is 10.2 Å². The van der Waals surface area contributed by atoms with Crippen LogP contribution in [-0.4, -0.2) is 60.4 Å². The Labute approximate surface area is 151 Å². The van der Waals surface area contributed by atoms with E-state index in [1.165, 1.54) is 5.56 Å². The Morgan fingerprint density at radius 2 is 2.04 bits per heavy atom. The summed E-state index contributed by atoms with van der Waals surface area (Å²) in [5.74, 6) is 1.47. The van der Waals surface area contributed by atoms with Crippen molar-refractivity contribution < 1.29 is 9.59 Å². The van der Waals surface area contributed by atoms with Crippen LogP contribution in [0.3, 0.4) is 0 Å². The lowest BCUT2D eigenvalue weighted by molar-refractivity contribution is -0.135. The standard InChI is InChI=1S/C17H22ClN3O2S/c1-12-2-3-13(18)10-15(12)20-5-7-21(8-6-20)17(23)14-11-24-9-4-16(22)19-14/h2-3,10,14H,4-9,11H2,1H3,(H,19,22). The molecule has 1 N–H and O–H groups in total. The second kappa shape index (κ2) is 7.66. The van der Waals surface area contributed by atoms with Crippen LogP contribution in [-0.2, 0) is 9.59 Å². The van der Waals surface area contributed by atoms with E-state index in [0.717, 1.165) is 29.6 Å². The molecule has 0 aliphatic carbocycles. The number of hydrogen-bond donors (Lipinski definition) is 1. The monoisotopic (exact) mass is 367 g/mol. The number of piperazine rings is 1. The highest BCUT2D eigenvalue weighted by Gasteiger charge is 2.30. The Kier molecular flexibility index (Phi) is 5.56. The number of amides is 2. The maximum Gasteiger partial charge on any atom is 0.246 e. The number of carbonyl (C=O) groups is 2. The average molecular weight is 368 g/mol. The van der Waals surface area contributed by atoms with Gasteiger partial charge in [0.15, 0.2) is 0 Å². The molecule has 0 bridgehead atoms. The maximum atomic E-state index is 12.7. The molecule has 5 nitrogen and oxygen atoms in total. The lowest BCUT2D eigenvalue weighted by Crippen LogP contribution is -2.55. The average Bonchev–Trinajstić information content (AvgIpc) is 2.81. The van der Waals surface area contributed by atoms with Crippen LogP contribution in [0, 0.1) is 6.92 Å². The first-order chi connectivity index (χ1) is 11.5. The minimum Gasteiger partial charge on any atom is -0.368 e. The molecule has 7 heteroatoms. The molecule has 0 spiro atoms. The van der Waals surface area contributed by atoms with Gasteiger partial charge in [0.25, 0.3) is 0 Å². The fourth-order valence-electron chi connectivity index (χ4n) is 3.12. The van der Waals surface area contributed by atoms with Gasteiger partial charge in [-0.05, 0) is 24.6 Å². The summed E-state index contributed by atoms with van der Waals surface area (Å²) in [7, 11) is 0. The zero-order chi connectivity index (χ0) is 17.1. The van der Waals surface area contributed by atoms with E-state index in [4.69, 9.17) is 11.6 Å². The van der Waals surface area contributed by atoms with Crippen LogP contribution in [0.15, 0.2) is 18.2 Å². The molecule has 2 aliphatic heterocycles. The fourth-order valence-corrected chi connectivity index (χ4v) is 4.24. The molecule has 2 aliphatic rings. The van der Waals surface area contributed by atoms with E-state index in [1.54, 1.807) is 11.8 Å². The first kappa shape index (κ1) is 17.4. The van der Waals surface area contributed by atoms with Gasteiger partial charge in [0.2, 0.25) is 11.8 Å². The molecule has 1 atom stereocenters. The van der Waals surface area contributed by atoms with E-state index in [0.29, 0.717) is 25.3 Å². The summed E-state index contributed by atoms with van der Waals surface area (Å²) >= 11 is 7.78. The third-order valence-corrected chi connectivity index (χ3v) is 5.79. The van der Waals surface area contributed by atoms with Crippen molar-refractivity contribution in [1.29, 1.82) is 0 Å². The van der Waals surface area contributed by atoms with Crippen LogP contribution in [0.5, 0.6) is 0 Å². The number of rotatable bonds is 2. The summed E-state index contributed by atoms with van der Waals surface area (Å²) in [6, 6.07) is 5.51. The molecule has 1 aromatic rings. The Bertz CT molecular complexity index is 632. The van der Waals surface area contributed by atoms with Crippen LogP contribution in [0.1, 0.15) is 12.0 Å². The van der Waals surface area contributed by atoms with Crippen molar-refractivity contribution in [1.82, 2.24) is 10.2 Å². The number of anilines is 1. The Morgan fingerprint density at radius 3 is 2.79 bits per heavy atom. The molecule has 1 aromatic carbocycles. The SMILES string of the molecule is Cc1ccc(Cl)cc1N1CCN(C(=O)C2CSCCC(=O)N2)CC1. The topological polar surface area (TPSA) is 52.7 Å². The first-order valence-electron chi connectivity index (χ1n) is 8.21. The third kappa shape index (κ3) is 3.98. The fraction of sp³-hybridized carbons (Fsp3) is 0.529. The molecule has 2 saturated heterocycles. The second-order valence-electron chi connectivity index (χ2n) is 6.19. The van der Waals surface area contributed by atoms with Gasteiger partial charge in [-0.1, -0.05) is 17.7 Å². The molecule has 2 amide bonds. The highest BCUT2D eigenvalue weighted by atomic mass is 35.5. The number of nitrogens with zero attached hydrogens (tertiary/aromatic N) is 2. The van der Waals surface area contributed by atoms with Crippen molar-refractivity contribution in [3.8, 4) is 0 Å². The second-order valence-corrected chi connectivity index (χ2v) is 7.77. The van der Waals surface area contributed by atoms with Crippen LogP contribution in [0.2, 0.25) is 5.02 Å². The molecule has 3 rings (SSSR count). The number of benzene rings is 1. The minimum absolute atomic E-state index is 0.0217. The maximum absolute atomic E-state index is 12.7. The van der Waals surface area contributed by atoms with Gasteiger partial charge < -0.3 is 15.1 Å². The Hall–Kier alpha value is -1.40. The summed E-state index contributed by atoms with van der Waals surface area (Å²) in [4.78, 5) is 28.5. The summed E-state index contributed by atoms with van der Waals surface area (Å²) in [6.45, 7) is 4.96. The predicted molar refractivity (Wildman–Crippen MR) is 98.9 cm³/mol. The normalized spacial score (nSPS) is 22.1. The first-order valence-corrected chi connectivity index (χ1v) is 9.75. The van der Waals surface area contributed by atoms with Gasteiger partial charge in [-0.25, -0.2) is 0 Å². The number of hydrogen-bond acceptors (Lipinski definition) is 4. The van der Waals surface area contributed by atoms with Crippen molar-refractivity contribution in [3.05, 3.63) is 28.8 Å². The quantitative estimate of drug-likeness (QED) is 0.867. The smallest absolute Gasteiger partial charge is 0.246 e. The number of carbonyl (C=O) groups excluding carboxylic acids is 2. The van der Waals surface area contributed by atoms with E-state index in [9.17, 15) is 9.59 Å². The van der Waals surface area contributed by atoms with Crippen LogP contribution in [0.4, 0.5) is 5.69 Å². The molecule has 2 heterocycles. The van der Waals surface area contributed by atoms with Crippen molar-refractivity contribution >= 4 is 40.9 Å². The van der Waals surface area contributed by atoms with Gasteiger partial charge in [-0.15, -0.1) is 0 Å². The van der Waals surface area contributed by atoms with Crippen molar-refractivity contribution in [2.24, 2.45) is 0 Å². The van der Waals surface area contributed by atoms with Crippen LogP contribution >= 0.6 is 23.4 Å². The molecule has 0 saturated carbocycles. The molecule has 0 aromatic heterocycles. The summed E-state index contributed by atoms with van der Waals surface area (Å²) in [5, 5.41) is 3.58. The lowest BCUT2D eigenvalue weighted by Gasteiger charge is -2.38. The van der Waals surface area contributed by atoms with Crippen LogP contribution in [0.25, 0.3) is 0 Å². The molecular weight excluding hydrogens is 346 g/mol. The zero-order valence-electron chi connectivity index (χ0n) is 13.8. The Morgan fingerprint density at radius 1 is 1.29 bits per heavy atom. The molecule has 130 valence electrons. The largest absolute Gasteiger partial charge is 0.368 e.